The molecule has 0 saturated heterocycles. The van der Waals surface area contributed by atoms with Gasteiger partial charge in [-0.1, -0.05) is 6.07 Å². The van der Waals surface area contributed by atoms with E-state index in [0.29, 0.717) is 6.79 Å². The van der Waals surface area contributed by atoms with Crippen molar-refractivity contribution >= 4 is 0 Å². The Kier molecular flexibility index (Phi) is 2.03. The van der Waals surface area contributed by atoms with Crippen molar-refractivity contribution in [1.82, 2.24) is 4.98 Å². The Morgan fingerprint density at radius 3 is 2.81 bits per heavy atom. The number of aryl methyl sites for hydroxylation is 1. The highest BCUT2D eigenvalue weighted by molar-refractivity contribution is 5.64. The van der Waals surface area contributed by atoms with Crippen molar-refractivity contribution in [3.8, 4) is 22.8 Å². The normalized spacial score (nSPS) is 12.8. The van der Waals surface area contributed by atoms with Gasteiger partial charge in [-0.05, 0) is 37.3 Å². The van der Waals surface area contributed by atoms with E-state index in [1.54, 1.807) is 0 Å². The second-order valence-corrected chi connectivity index (χ2v) is 3.73. The fourth-order valence-corrected chi connectivity index (χ4v) is 1.76. The molecule has 0 N–H and O–H groups in total. The number of ether oxygens (including phenoxy) is 2. The van der Waals surface area contributed by atoms with Crippen molar-refractivity contribution in [2.75, 3.05) is 6.79 Å². The average Bonchev–Trinajstić information content (AvgIpc) is 2.75. The van der Waals surface area contributed by atoms with Crippen LogP contribution in [-0.4, -0.2) is 11.8 Å². The number of aromatic nitrogens is 1. The topological polar surface area (TPSA) is 31.4 Å². The zero-order chi connectivity index (χ0) is 11.0. The summed E-state index contributed by atoms with van der Waals surface area (Å²) in [7, 11) is 0. The van der Waals surface area contributed by atoms with Gasteiger partial charge in [-0.2, -0.15) is 0 Å². The summed E-state index contributed by atoms with van der Waals surface area (Å²) in [6, 6.07) is 11.9. The molecule has 1 aliphatic heterocycles. The van der Waals surface area contributed by atoms with E-state index in [9.17, 15) is 0 Å². The summed E-state index contributed by atoms with van der Waals surface area (Å²) < 4.78 is 10.6. The van der Waals surface area contributed by atoms with Gasteiger partial charge in [0.2, 0.25) is 6.79 Å². The van der Waals surface area contributed by atoms with Crippen molar-refractivity contribution in [3.05, 3.63) is 42.1 Å². The zero-order valence-corrected chi connectivity index (χ0v) is 8.93. The first-order valence-electron chi connectivity index (χ1n) is 5.16. The monoisotopic (exact) mass is 213 g/mol. The predicted molar refractivity (Wildman–Crippen MR) is 60.5 cm³/mol. The summed E-state index contributed by atoms with van der Waals surface area (Å²) >= 11 is 0. The number of hydrogen-bond donors (Lipinski definition) is 0. The molecular weight excluding hydrogens is 202 g/mol. The number of pyridine rings is 1. The Labute approximate surface area is 93.7 Å². The standard InChI is InChI=1S/C13H11NO2/c1-9-3-2-4-11(14-9)10-5-6-12-13(7-10)16-8-15-12/h2-7H,8H2,1H3. The minimum atomic E-state index is 0.306. The van der Waals surface area contributed by atoms with Crippen LogP contribution in [0, 0.1) is 6.92 Å². The van der Waals surface area contributed by atoms with E-state index in [1.165, 1.54) is 0 Å². The first-order valence-corrected chi connectivity index (χ1v) is 5.16. The zero-order valence-electron chi connectivity index (χ0n) is 8.93. The second kappa shape index (κ2) is 3.52. The van der Waals surface area contributed by atoms with Crippen LogP contribution in [0.15, 0.2) is 36.4 Å². The molecule has 3 rings (SSSR count). The Hall–Kier alpha value is -2.03. The molecule has 80 valence electrons. The van der Waals surface area contributed by atoms with Crippen LogP contribution >= 0.6 is 0 Å². The summed E-state index contributed by atoms with van der Waals surface area (Å²) in [6.07, 6.45) is 0. The molecule has 0 spiro atoms. The van der Waals surface area contributed by atoms with E-state index < -0.39 is 0 Å². The van der Waals surface area contributed by atoms with Gasteiger partial charge in [-0.15, -0.1) is 0 Å². The summed E-state index contributed by atoms with van der Waals surface area (Å²) in [4.78, 5) is 4.47. The van der Waals surface area contributed by atoms with Gasteiger partial charge >= 0.3 is 0 Å². The fourth-order valence-electron chi connectivity index (χ4n) is 1.76. The van der Waals surface area contributed by atoms with Crippen LogP contribution in [0.3, 0.4) is 0 Å². The van der Waals surface area contributed by atoms with Gasteiger partial charge < -0.3 is 9.47 Å². The van der Waals surface area contributed by atoms with Crippen molar-refractivity contribution < 1.29 is 9.47 Å². The van der Waals surface area contributed by atoms with E-state index in [-0.39, 0.29) is 0 Å². The average molecular weight is 213 g/mol. The smallest absolute Gasteiger partial charge is 0.231 e. The van der Waals surface area contributed by atoms with Crippen LogP contribution in [0.4, 0.5) is 0 Å². The van der Waals surface area contributed by atoms with Gasteiger partial charge in [0, 0.05) is 11.3 Å². The lowest BCUT2D eigenvalue weighted by molar-refractivity contribution is 0.174. The van der Waals surface area contributed by atoms with E-state index in [4.69, 9.17) is 9.47 Å². The van der Waals surface area contributed by atoms with Crippen LogP contribution < -0.4 is 9.47 Å². The molecule has 0 atom stereocenters. The molecule has 2 heterocycles. The molecule has 0 saturated carbocycles. The van der Waals surface area contributed by atoms with Crippen LogP contribution in [-0.2, 0) is 0 Å². The third-order valence-electron chi connectivity index (χ3n) is 2.56. The fraction of sp³-hybridized carbons (Fsp3) is 0.154. The maximum atomic E-state index is 5.34. The summed E-state index contributed by atoms with van der Waals surface area (Å²) in [5, 5.41) is 0. The largest absolute Gasteiger partial charge is 0.454 e. The highest BCUT2D eigenvalue weighted by Gasteiger charge is 2.13. The van der Waals surface area contributed by atoms with Gasteiger partial charge in [-0.3, -0.25) is 4.98 Å². The van der Waals surface area contributed by atoms with E-state index in [0.717, 1.165) is 28.5 Å². The molecule has 1 aliphatic rings. The number of rotatable bonds is 1. The van der Waals surface area contributed by atoms with Crippen LogP contribution in [0.25, 0.3) is 11.3 Å². The van der Waals surface area contributed by atoms with E-state index >= 15 is 0 Å². The van der Waals surface area contributed by atoms with Crippen molar-refractivity contribution in [2.24, 2.45) is 0 Å². The third-order valence-corrected chi connectivity index (χ3v) is 2.56. The highest BCUT2D eigenvalue weighted by Crippen LogP contribution is 2.35. The number of nitrogens with zero attached hydrogens (tertiary/aromatic N) is 1. The lowest BCUT2D eigenvalue weighted by atomic mass is 10.1. The Bertz CT molecular complexity index is 537. The number of fused-ring (bicyclic) bond motifs is 1. The molecule has 3 heteroatoms. The van der Waals surface area contributed by atoms with E-state index in [1.807, 2.05) is 43.3 Å². The first-order chi connectivity index (χ1) is 7.83. The van der Waals surface area contributed by atoms with Crippen LogP contribution in [0.1, 0.15) is 5.69 Å². The van der Waals surface area contributed by atoms with Crippen molar-refractivity contribution in [1.29, 1.82) is 0 Å². The summed E-state index contributed by atoms with van der Waals surface area (Å²) in [5.41, 5.74) is 3.02. The molecular formula is C13H11NO2. The minimum Gasteiger partial charge on any atom is -0.454 e. The molecule has 16 heavy (non-hydrogen) atoms. The SMILES string of the molecule is Cc1cccc(-c2ccc3c(c2)OCO3)n1. The second-order valence-electron chi connectivity index (χ2n) is 3.73. The highest BCUT2D eigenvalue weighted by atomic mass is 16.7. The Balaban J connectivity index is 2.07. The molecule has 0 aliphatic carbocycles. The first kappa shape index (κ1) is 9.21. The third kappa shape index (κ3) is 1.50. The van der Waals surface area contributed by atoms with Gasteiger partial charge in [0.05, 0.1) is 5.69 Å². The Morgan fingerprint density at radius 2 is 1.94 bits per heavy atom. The van der Waals surface area contributed by atoms with Gasteiger partial charge in [-0.25, -0.2) is 0 Å². The minimum absolute atomic E-state index is 0.306. The van der Waals surface area contributed by atoms with Gasteiger partial charge in [0.15, 0.2) is 11.5 Å². The molecule has 3 nitrogen and oxygen atoms in total. The van der Waals surface area contributed by atoms with Crippen LogP contribution in [0.2, 0.25) is 0 Å². The van der Waals surface area contributed by atoms with E-state index in [2.05, 4.69) is 4.98 Å². The van der Waals surface area contributed by atoms with Gasteiger partial charge in [0.1, 0.15) is 0 Å². The molecule has 0 amide bonds. The summed E-state index contributed by atoms with van der Waals surface area (Å²) in [6.45, 7) is 2.29. The van der Waals surface area contributed by atoms with Crippen molar-refractivity contribution in [3.63, 3.8) is 0 Å². The molecule has 0 radical (unpaired) electrons. The summed E-state index contributed by atoms with van der Waals surface area (Å²) in [5.74, 6) is 1.59. The number of hydrogen-bond acceptors (Lipinski definition) is 3. The molecule has 0 unspecified atom stereocenters. The number of benzene rings is 1. The maximum absolute atomic E-state index is 5.34. The molecule has 0 fully saturated rings. The lowest BCUT2D eigenvalue weighted by Gasteiger charge is -2.03. The Morgan fingerprint density at radius 1 is 1.06 bits per heavy atom. The quantitative estimate of drug-likeness (QED) is 0.729. The molecule has 2 aromatic rings. The molecule has 1 aromatic heterocycles. The van der Waals surface area contributed by atoms with Crippen LogP contribution in [0.5, 0.6) is 11.5 Å². The molecule has 0 bridgehead atoms. The maximum Gasteiger partial charge on any atom is 0.231 e. The van der Waals surface area contributed by atoms with Crippen molar-refractivity contribution in [2.45, 2.75) is 6.92 Å². The lowest BCUT2D eigenvalue weighted by Crippen LogP contribution is -1.92. The predicted octanol–water partition coefficient (Wildman–Crippen LogP) is 2.79. The molecule has 1 aromatic carbocycles. The van der Waals surface area contributed by atoms with Gasteiger partial charge in [0.25, 0.3) is 0 Å².